The fourth-order valence-electron chi connectivity index (χ4n) is 3.99. The molecule has 4 rings (SSSR count). The van der Waals surface area contributed by atoms with Gasteiger partial charge in [-0.25, -0.2) is 8.78 Å². The van der Waals surface area contributed by atoms with Crippen LogP contribution in [0.5, 0.6) is 5.75 Å². The molecule has 0 radical (unpaired) electrons. The van der Waals surface area contributed by atoms with Gasteiger partial charge in [0.25, 0.3) is 5.91 Å². The van der Waals surface area contributed by atoms with E-state index in [1.807, 2.05) is 18.2 Å². The number of rotatable bonds is 6. The van der Waals surface area contributed by atoms with E-state index in [4.69, 9.17) is 14.5 Å². The summed E-state index contributed by atoms with van der Waals surface area (Å²) in [7, 11) is 1.63. The Hall–Kier alpha value is -3.04. The van der Waals surface area contributed by atoms with Crippen LogP contribution in [0, 0.1) is 11.6 Å². The Morgan fingerprint density at radius 1 is 1.22 bits per heavy atom. The van der Waals surface area contributed by atoms with E-state index >= 15 is 0 Å². The first-order valence-corrected chi connectivity index (χ1v) is 10.5. The van der Waals surface area contributed by atoms with Gasteiger partial charge in [0, 0.05) is 38.5 Å². The van der Waals surface area contributed by atoms with Crippen LogP contribution in [-0.4, -0.2) is 62.1 Å². The molecule has 1 atom stereocenters. The number of anilines is 1. The summed E-state index contributed by atoms with van der Waals surface area (Å²) in [6.45, 7) is 2.31. The van der Waals surface area contributed by atoms with Gasteiger partial charge < -0.3 is 19.7 Å². The molecule has 0 aromatic heterocycles. The Bertz CT molecular complexity index is 1020. The number of para-hydroxylation sites is 1. The average Bonchev–Trinajstić information content (AvgIpc) is 3.17. The molecule has 2 aliphatic rings. The molecule has 1 fully saturated rings. The van der Waals surface area contributed by atoms with Crippen molar-refractivity contribution in [2.75, 3.05) is 45.3 Å². The lowest BCUT2D eigenvalue weighted by Crippen LogP contribution is -2.55. The molecule has 0 unspecified atom stereocenters. The zero-order valence-corrected chi connectivity index (χ0v) is 17.9. The quantitative estimate of drug-likeness (QED) is 0.670. The smallest absolute Gasteiger partial charge is 0.260 e. The van der Waals surface area contributed by atoms with Crippen molar-refractivity contribution in [2.24, 2.45) is 4.99 Å². The van der Waals surface area contributed by atoms with Gasteiger partial charge in [-0.1, -0.05) is 18.2 Å². The second-order valence-corrected chi connectivity index (χ2v) is 7.87. The third-order valence-electron chi connectivity index (χ3n) is 5.78. The summed E-state index contributed by atoms with van der Waals surface area (Å²) in [5.74, 6) is -1.32. The van der Waals surface area contributed by atoms with Crippen molar-refractivity contribution in [2.45, 2.75) is 18.5 Å². The first-order valence-electron chi connectivity index (χ1n) is 10.5. The zero-order chi connectivity index (χ0) is 22.6. The average molecular weight is 444 g/mol. The summed E-state index contributed by atoms with van der Waals surface area (Å²) in [5, 5.41) is 7.07. The topological polar surface area (TPSA) is 75.2 Å². The lowest BCUT2D eigenvalue weighted by molar-refractivity contribution is -0.132. The highest BCUT2D eigenvalue weighted by atomic mass is 19.2. The number of amides is 1. The lowest BCUT2D eigenvalue weighted by atomic mass is 9.96. The second kappa shape index (κ2) is 9.62. The maximum Gasteiger partial charge on any atom is 0.260 e. The molecule has 2 N–H and O–H groups in total. The van der Waals surface area contributed by atoms with Gasteiger partial charge in [0.05, 0.1) is 18.7 Å². The summed E-state index contributed by atoms with van der Waals surface area (Å²) in [6, 6.07) is 11.2. The van der Waals surface area contributed by atoms with Crippen LogP contribution in [-0.2, 0) is 16.1 Å². The normalized spacial score (nSPS) is 21.3. The number of aliphatic imine (C=N–C) groups is 1. The fourth-order valence-corrected chi connectivity index (χ4v) is 3.99. The number of fused-ring (bicyclic) bond motifs is 1. The van der Waals surface area contributed by atoms with Crippen molar-refractivity contribution < 1.29 is 23.0 Å². The van der Waals surface area contributed by atoms with E-state index in [9.17, 15) is 13.6 Å². The van der Waals surface area contributed by atoms with Crippen LogP contribution in [0.25, 0.3) is 0 Å². The fraction of sp³-hybridized carbons (Fsp3) is 0.391. The van der Waals surface area contributed by atoms with Gasteiger partial charge in [0.2, 0.25) is 0 Å². The molecule has 0 bridgehead atoms. The molecule has 2 aromatic rings. The SMILES string of the molecule is COCCN=C1Nc2ccccc2CN[C@@]12CCN(C(=O)COc1ccc(F)c(F)c1)C2. The van der Waals surface area contributed by atoms with Crippen molar-refractivity contribution in [1.82, 2.24) is 10.2 Å². The zero-order valence-electron chi connectivity index (χ0n) is 17.9. The maximum atomic E-state index is 13.4. The third-order valence-corrected chi connectivity index (χ3v) is 5.78. The number of carbonyl (C=O) groups excluding carboxylic acids is 1. The molecule has 170 valence electrons. The number of halogens is 2. The summed E-state index contributed by atoms with van der Waals surface area (Å²) in [6.07, 6.45) is 0.677. The number of hydrogen-bond donors (Lipinski definition) is 2. The first-order chi connectivity index (χ1) is 15.5. The number of amidine groups is 1. The van der Waals surface area contributed by atoms with Crippen molar-refractivity contribution >= 4 is 17.4 Å². The number of benzene rings is 2. The van der Waals surface area contributed by atoms with E-state index in [-0.39, 0.29) is 18.3 Å². The molecule has 1 saturated heterocycles. The third kappa shape index (κ3) is 4.73. The minimum atomic E-state index is -1.01. The highest BCUT2D eigenvalue weighted by molar-refractivity contribution is 6.04. The van der Waals surface area contributed by atoms with Gasteiger partial charge in [0.1, 0.15) is 11.6 Å². The van der Waals surface area contributed by atoms with Gasteiger partial charge in [-0.3, -0.25) is 15.1 Å². The van der Waals surface area contributed by atoms with Crippen molar-refractivity contribution in [1.29, 1.82) is 0 Å². The molecule has 1 spiro atoms. The van der Waals surface area contributed by atoms with Gasteiger partial charge in [0.15, 0.2) is 18.2 Å². The predicted octanol–water partition coefficient (Wildman–Crippen LogP) is 2.57. The molecule has 7 nitrogen and oxygen atoms in total. The van der Waals surface area contributed by atoms with Gasteiger partial charge in [-0.05, 0) is 30.2 Å². The molecule has 2 aliphatic heterocycles. The van der Waals surface area contributed by atoms with Gasteiger partial charge >= 0.3 is 0 Å². The van der Waals surface area contributed by atoms with E-state index in [0.717, 1.165) is 29.2 Å². The summed E-state index contributed by atoms with van der Waals surface area (Å²) >= 11 is 0. The molecule has 0 aliphatic carbocycles. The molecule has 0 saturated carbocycles. The van der Waals surface area contributed by atoms with Crippen LogP contribution in [0.15, 0.2) is 47.5 Å². The minimum absolute atomic E-state index is 0.109. The molecular weight excluding hydrogens is 418 g/mol. The standard InChI is InChI=1S/C23H26F2N4O3/c1-31-11-9-26-22-23(27-13-16-4-2-3-5-20(16)28-22)8-10-29(15-23)21(30)14-32-17-6-7-18(24)19(25)12-17/h2-7,12,27H,8-11,13-15H2,1H3,(H,26,28)/t23-/m1/s1. The number of methoxy groups -OCH3 is 1. The van der Waals surface area contributed by atoms with E-state index in [2.05, 4.69) is 16.7 Å². The molecule has 1 amide bonds. The van der Waals surface area contributed by atoms with Crippen LogP contribution in [0.1, 0.15) is 12.0 Å². The Labute approximate surface area is 185 Å². The first kappa shape index (κ1) is 22.2. The Balaban J connectivity index is 1.47. The second-order valence-electron chi connectivity index (χ2n) is 7.87. The largest absolute Gasteiger partial charge is 0.484 e. The van der Waals surface area contributed by atoms with Crippen molar-refractivity contribution in [3.8, 4) is 5.75 Å². The number of nitrogens with zero attached hydrogens (tertiary/aromatic N) is 2. The molecule has 32 heavy (non-hydrogen) atoms. The number of hydrogen-bond acceptors (Lipinski definition) is 5. The summed E-state index contributed by atoms with van der Waals surface area (Å²) < 4.78 is 37.0. The van der Waals surface area contributed by atoms with Crippen LogP contribution in [0.3, 0.4) is 0 Å². The van der Waals surface area contributed by atoms with E-state index < -0.39 is 17.2 Å². The monoisotopic (exact) mass is 444 g/mol. The van der Waals surface area contributed by atoms with Crippen LogP contribution >= 0.6 is 0 Å². The van der Waals surface area contributed by atoms with E-state index in [1.54, 1.807) is 12.0 Å². The van der Waals surface area contributed by atoms with Crippen molar-refractivity contribution in [3.05, 3.63) is 59.7 Å². The molecule has 9 heteroatoms. The van der Waals surface area contributed by atoms with E-state index in [1.165, 1.54) is 6.07 Å². The van der Waals surface area contributed by atoms with Crippen LogP contribution in [0.4, 0.5) is 14.5 Å². The van der Waals surface area contributed by atoms with E-state index in [0.29, 0.717) is 39.2 Å². The van der Waals surface area contributed by atoms with Crippen LogP contribution < -0.4 is 15.4 Å². The Morgan fingerprint density at radius 3 is 2.88 bits per heavy atom. The Morgan fingerprint density at radius 2 is 2.06 bits per heavy atom. The highest BCUT2D eigenvalue weighted by Gasteiger charge is 2.45. The maximum absolute atomic E-state index is 13.4. The number of likely N-dealkylation sites (tertiary alicyclic amines) is 1. The highest BCUT2D eigenvalue weighted by Crippen LogP contribution is 2.29. The molecule has 2 heterocycles. The predicted molar refractivity (Wildman–Crippen MR) is 117 cm³/mol. The number of nitrogens with one attached hydrogen (secondary N) is 2. The number of carbonyl (C=O) groups is 1. The van der Waals surface area contributed by atoms with Crippen molar-refractivity contribution in [3.63, 3.8) is 0 Å². The summed E-state index contributed by atoms with van der Waals surface area (Å²) in [5.41, 5.74) is 1.58. The van der Waals surface area contributed by atoms with Gasteiger partial charge in [-0.15, -0.1) is 0 Å². The Kier molecular flexibility index (Phi) is 6.66. The lowest BCUT2D eigenvalue weighted by Gasteiger charge is -2.30. The summed E-state index contributed by atoms with van der Waals surface area (Å²) in [4.78, 5) is 19.2. The molecule has 2 aromatic carbocycles. The number of ether oxygens (including phenoxy) is 2. The molecular formula is C23H26F2N4O3. The minimum Gasteiger partial charge on any atom is -0.484 e. The van der Waals surface area contributed by atoms with Gasteiger partial charge in [-0.2, -0.15) is 0 Å². The van der Waals surface area contributed by atoms with Crippen LogP contribution in [0.2, 0.25) is 0 Å².